The Bertz CT molecular complexity index is 1370. The Morgan fingerprint density at radius 2 is 2.06 bits per heavy atom. The summed E-state index contributed by atoms with van der Waals surface area (Å²) in [7, 11) is 0. The van der Waals surface area contributed by atoms with E-state index < -0.39 is 12.0 Å². The van der Waals surface area contributed by atoms with Gasteiger partial charge in [0.1, 0.15) is 5.52 Å². The molecular formula is C20H19N7O4. The largest absolute Gasteiger partial charge is 0.478 e. The number of urea groups is 1. The average molecular weight is 421 g/mol. The van der Waals surface area contributed by atoms with Crippen LogP contribution in [0.25, 0.3) is 28.0 Å². The van der Waals surface area contributed by atoms with E-state index in [2.05, 4.69) is 30.7 Å². The van der Waals surface area contributed by atoms with Crippen molar-refractivity contribution in [3.05, 3.63) is 58.1 Å². The molecule has 0 atom stereocenters. The van der Waals surface area contributed by atoms with E-state index in [4.69, 9.17) is 0 Å². The number of carbonyl (C=O) groups excluding carboxylic acids is 1. The van der Waals surface area contributed by atoms with Crippen molar-refractivity contribution in [1.82, 2.24) is 30.0 Å². The third-order valence-electron chi connectivity index (χ3n) is 4.63. The Balaban J connectivity index is 1.89. The van der Waals surface area contributed by atoms with Crippen LogP contribution in [0.3, 0.4) is 0 Å². The topological polar surface area (TPSA) is 158 Å². The molecule has 0 aliphatic carbocycles. The van der Waals surface area contributed by atoms with Crippen LogP contribution in [0.15, 0.2) is 41.6 Å². The van der Waals surface area contributed by atoms with Crippen LogP contribution in [0.2, 0.25) is 0 Å². The third kappa shape index (κ3) is 3.88. The zero-order valence-corrected chi connectivity index (χ0v) is 16.7. The van der Waals surface area contributed by atoms with Gasteiger partial charge in [0.05, 0.1) is 23.0 Å². The van der Waals surface area contributed by atoms with Crippen LogP contribution in [0.1, 0.15) is 22.8 Å². The number of imidazole rings is 1. The third-order valence-corrected chi connectivity index (χ3v) is 4.63. The maximum absolute atomic E-state index is 12.1. The lowest BCUT2D eigenvalue weighted by atomic mass is 10.1. The van der Waals surface area contributed by atoms with Crippen LogP contribution >= 0.6 is 0 Å². The number of aromatic amines is 2. The second-order valence-electron chi connectivity index (χ2n) is 6.83. The maximum Gasteiger partial charge on any atom is 0.338 e. The molecule has 4 aromatic rings. The molecule has 2 amide bonds. The number of anilines is 1. The highest BCUT2D eigenvalue weighted by Gasteiger charge is 2.16. The number of aromatic carboxylic acids is 1. The first-order valence-electron chi connectivity index (χ1n) is 9.42. The van der Waals surface area contributed by atoms with E-state index in [-0.39, 0.29) is 16.9 Å². The SMILES string of the molecule is CCNC(=O)Nc1nc2c(-n3cc(C(=O)O)cn3)cc(-c3cc(=O)c(C)c[nH]3)cc2[nH]1. The quantitative estimate of drug-likeness (QED) is 0.332. The number of hydrogen-bond donors (Lipinski definition) is 5. The highest BCUT2D eigenvalue weighted by molar-refractivity contribution is 5.94. The molecule has 0 aliphatic rings. The van der Waals surface area contributed by atoms with E-state index in [1.54, 1.807) is 32.2 Å². The summed E-state index contributed by atoms with van der Waals surface area (Å²) in [5, 5.41) is 18.6. The summed E-state index contributed by atoms with van der Waals surface area (Å²) < 4.78 is 1.39. The van der Waals surface area contributed by atoms with Crippen LogP contribution in [0.4, 0.5) is 10.7 Å². The number of nitrogens with one attached hydrogen (secondary N) is 4. The molecule has 0 radical (unpaired) electrons. The fourth-order valence-corrected chi connectivity index (χ4v) is 3.08. The molecule has 1 aromatic carbocycles. The Kier molecular flexibility index (Phi) is 4.99. The summed E-state index contributed by atoms with van der Waals surface area (Å²) in [4.78, 5) is 45.8. The lowest BCUT2D eigenvalue weighted by Gasteiger charge is -2.08. The van der Waals surface area contributed by atoms with Crippen molar-refractivity contribution >= 4 is 29.0 Å². The minimum absolute atomic E-state index is 0.0125. The summed E-state index contributed by atoms with van der Waals surface area (Å²) in [6.45, 7) is 3.96. The van der Waals surface area contributed by atoms with Gasteiger partial charge in [0.25, 0.3) is 0 Å². The Morgan fingerprint density at radius 3 is 2.74 bits per heavy atom. The van der Waals surface area contributed by atoms with E-state index in [0.717, 1.165) is 0 Å². The number of carboxylic acids is 1. The monoisotopic (exact) mass is 421 g/mol. The van der Waals surface area contributed by atoms with Crippen LogP contribution in [-0.2, 0) is 0 Å². The van der Waals surface area contributed by atoms with E-state index in [1.807, 2.05) is 0 Å². The smallest absolute Gasteiger partial charge is 0.338 e. The van der Waals surface area contributed by atoms with Crippen molar-refractivity contribution in [1.29, 1.82) is 0 Å². The fraction of sp³-hybridized carbons (Fsp3) is 0.150. The zero-order chi connectivity index (χ0) is 22.1. The molecule has 0 saturated heterocycles. The van der Waals surface area contributed by atoms with E-state index in [9.17, 15) is 19.5 Å². The number of fused-ring (bicyclic) bond motifs is 1. The van der Waals surface area contributed by atoms with Crippen molar-refractivity contribution in [2.75, 3.05) is 11.9 Å². The van der Waals surface area contributed by atoms with Gasteiger partial charge in [0.15, 0.2) is 5.43 Å². The molecule has 0 saturated carbocycles. The number of hydrogen-bond acceptors (Lipinski definition) is 5. The molecule has 0 unspecified atom stereocenters. The second kappa shape index (κ2) is 7.78. The van der Waals surface area contributed by atoms with Gasteiger partial charge in [-0.2, -0.15) is 5.10 Å². The number of H-pyrrole nitrogens is 2. The van der Waals surface area contributed by atoms with Gasteiger partial charge in [0, 0.05) is 41.8 Å². The average Bonchev–Trinajstić information content (AvgIpc) is 3.36. The number of rotatable bonds is 5. The maximum atomic E-state index is 12.1. The number of benzene rings is 1. The highest BCUT2D eigenvalue weighted by Crippen LogP contribution is 2.28. The highest BCUT2D eigenvalue weighted by atomic mass is 16.4. The number of aromatic nitrogens is 5. The predicted octanol–water partition coefficient (Wildman–Crippen LogP) is 2.25. The summed E-state index contributed by atoms with van der Waals surface area (Å²) in [5.74, 6) is -0.899. The predicted molar refractivity (Wildman–Crippen MR) is 114 cm³/mol. The second-order valence-corrected chi connectivity index (χ2v) is 6.83. The van der Waals surface area contributed by atoms with Gasteiger partial charge in [-0.25, -0.2) is 19.3 Å². The number of amides is 2. The molecule has 11 heteroatoms. The fourth-order valence-electron chi connectivity index (χ4n) is 3.08. The number of carbonyl (C=O) groups is 2. The van der Waals surface area contributed by atoms with Crippen LogP contribution in [-0.4, -0.2) is 48.4 Å². The number of aryl methyl sites for hydroxylation is 1. The number of carboxylic acid groups (broad SMARTS) is 1. The Labute approximate surface area is 175 Å². The molecule has 11 nitrogen and oxygen atoms in total. The van der Waals surface area contributed by atoms with Gasteiger partial charge in [-0.1, -0.05) is 0 Å². The summed E-state index contributed by atoms with van der Waals surface area (Å²) in [6, 6.07) is 4.57. The number of pyridine rings is 1. The molecule has 31 heavy (non-hydrogen) atoms. The van der Waals surface area contributed by atoms with Gasteiger partial charge < -0.3 is 20.4 Å². The summed E-state index contributed by atoms with van der Waals surface area (Å²) >= 11 is 0. The van der Waals surface area contributed by atoms with E-state index in [1.165, 1.54) is 23.1 Å². The molecule has 0 bridgehead atoms. The molecule has 0 aliphatic heterocycles. The van der Waals surface area contributed by atoms with Crippen molar-refractivity contribution in [3.63, 3.8) is 0 Å². The standard InChI is InChI=1S/C20H19N7O4/c1-3-21-20(31)26-19-24-14-4-11(13-6-16(28)10(2)7-22-13)5-15(17(14)25-19)27-9-12(8-23-27)18(29)30/h4-9H,3H2,1-2H3,(H,22,28)(H,29,30)(H3,21,24,25,26,31). The normalized spacial score (nSPS) is 10.9. The molecule has 158 valence electrons. The zero-order valence-electron chi connectivity index (χ0n) is 16.7. The van der Waals surface area contributed by atoms with Crippen molar-refractivity contribution < 1.29 is 14.7 Å². The first-order valence-corrected chi connectivity index (χ1v) is 9.42. The summed E-state index contributed by atoms with van der Waals surface area (Å²) in [6.07, 6.45) is 4.21. The molecule has 3 heterocycles. The van der Waals surface area contributed by atoms with Crippen LogP contribution in [0.5, 0.6) is 0 Å². The molecule has 4 rings (SSSR count). The molecule has 0 spiro atoms. The Hall–Kier alpha value is -4.41. The minimum atomic E-state index is -1.11. The lowest BCUT2D eigenvalue weighted by Crippen LogP contribution is -2.28. The minimum Gasteiger partial charge on any atom is -0.478 e. The molecule has 5 N–H and O–H groups in total. The van der Waals surface area contributed by atoms with Crippen molar-refractivity contribution in [2.45, 2.75) is 13.8 Å². The molecule has 3 aromatic heterocycles. The van der Waals surface area contributed by atoms with Gasteiger partial charge in [-0.15, -0.1) is 0 Å². The van der Waals surface area contributed by atoms with E-state index >= 15 is 0 Å². The van der Waals surface area contributed by atoms with E-state index in [0.29, 0.717) is 40.1 Å². The first-order chi connectivity index (χ1) is 14.9. The lowest BCUT2D eigenvalue weighted by molar-refractivity contribution is 0.0697. The molecule has 0 fully saturated rings. The van der Waals surface area contributed by atoms with Gasteiger partial charge >= 0.3 is 12.0 Å². The summed E-state index contributed by atoms with van der Waals surface area (Å²) in [5.41, 5.74) is 3.19. The van der Waals surface area contributed by atoms with Crippen LogP contribution < -0.4 is 16.1 Å². The van der Waals surface area contributed by atoms with Crippen molar-refractivity contribution in [2.24, 2.45) is 0 Å². The van der Waals surface area contributed by atoms with Crippen LogP contribution in [0, 0.1) is 6.92 Å². The Morgan fingerprint density at radius 1 is 1.26 bits per heavy atom. The first kappa shape index (κ1) is 19.9. The van der Waals surface area contributed by atoms with Gasteiger partial charge in [0.2, 0.25) is 5.95 Å². The number of nitrogens with zero attached hydrogens (tertiary/aromatic N) is 3. The van der Waals surface area contributed by atoms with Crippen molar-refractivity contribution in [3.8, 4) is 16.9 Å². The van der Waals surface area contributed by atoms with Gasteiger partial charge in [-0.05, 0) is 26.0 Å². The molecular weight excluding hydrogens is 402 g/mol. The van der Waals surface area contributed by atoms with Gasteiger partial charge in [-0.3, -0.25) is 10.1 Å².